The average Bonchev–Trinajstić information content (AvgIpc) is 2.45. The van der Waals surface area contributed by atoms with Crippen LogP contribution in [0.3, 0.4) is 0 Å². The van der Waals surface area contributed by atoms with Crippen LogP contribution >= 0.6 is 11.3 Å². The summed E-state index contributed by atoms with van der Waals surface area (Å²) in [5, 5.41) is 8.31. The largest absolute Gasteiger partial charge is 0.397 e. The minimum Gasteiger partial charge on any atom is -0.397 e. The summed E-state index contributed by atoms with van der Waals surface area (Å²) < 4.78 is 0. The molecule has 1 aliphatic carbocycles. The monoisotopic (exact) mass is 202 g/mol. The van der Waals surface area contributed by atoms with Gasteiger partial charge in [0, 0.05) is 12.9 Å². The van der Waals surface area contributed by atoms with E-state index in [-0.39, 0.29) is 8.03 Å². The van der Waals surface area contributed by atoms with Crippen LogP contribution < -0.4 is 5.73 Å². The number of aromatic nitrogens is 1. The lowest BCUT2D eigenvalue weighted by Gasteiger charge is -2.06. The Labute approximate surface area is 84.1 Å². The number of aryl methyl sites for hydroxylation is 2. The van der Waals surface area contributed by atoms with Crippen molar-refractivity contribution < 1.29 is 6.53 Å². The smallest absolute Gasteiger partial charge is 0.180 e. The highest BCUT2D eigenvalue weighted by Crippen LogP contribution is 2.27. The number of hydrogen-bond acceptors (Lipinski definition) is 4. The molecule has 13 heavy (non-hydrogen) atoms. The normalized spacial score (nSPS) is 14.3. The van der Waals surface area contributed by atoms with Gasteiger partial charge in [0.05, 0.1) is 5.69 Å². The molecule has 0 unspecified atom stereocenters. The van der Waals surface area contributed by atoms with Crippen molar-refractivity contribution in [3.8, 4) is 0 Å². The van der Waals surface area contributed by atoms with Crippen molar-refractivity contribution in [3.63, 3.8) is 0 Å². The van der Waals surface area contributed by atoms with Crippen molar-refractivity contribution >= 4 is 16.5 Å². The van der Waals surface area contributed by atoms with E-state index in [0.29, 0.717) is 0 Å². The van der Waals surface area contributed by atoms with E-state index in [4.69, 9.17) is 10.8 Å². The maximum Gasteiger partial charge on any atom is 0.180 e. The highest BCUT2D eigenvalue weighted by Gasteiger charge is 2.12. The van der Waals surface area contributed by atoms with Crippen molar-refractivity contribution in [3.05, 3.63) is 10.6 Å². The van der Waals surface area contributed by atoms with Gasteiger partial charge in [0.1, 0.15) is 0 Å². The molecule has 0 spiro atoms. The summed E-state index contributed by atoms with van der Waals surface area (Å²) in [4.78, 5) is 5.67. The molecule has 0 aliphatic heterocycles. The number of hydrogen-bond donors (Lipinski definition) is 2. The molecular formula is C9H18N2OS. The fraction of sp³-hybridized carbons (Fsp3) is 0.667. The SMILES string of the molecule is CCO.Nc1nc2c(s1)CCCC2.[HH]. The Balaban J connectivity index is 0.000000381. The molecule has 0 aromatic carbocycles. The maximum atomic E-state index is 7.57. The van der Waals surface area contributed by atoms with Crippen molar-refractivity contribution in [2.24, 2.45) is 0 Å². The second kappa shape index (κ2) is 5.19. The number of aliphatic hydroxyl groups is 1. The summed E-state index contributed by atoms with van der Waals surface area (Å²) in [6, 6.07) is 0. The molecule has 1 aliphatic rings. The molecule has 1 aromatic heterocycles. The topological polar surface area (TPSA) is 59.1 Å². The predicted molar refractivity (Wildman–Crippen MR) is 58.0 cm³/mol. The molecular weight excluding hydrogens is 184 g/mol. The van der Waals surface area contributed by atoms with Gasteiger partial charge in [-0.05, 0) is 32.6 Å². The Kier molecular flexibility index (Phi) is 4.18. The highest BCUT2D eigenvalue weighted by atomic mass is 32.1. The second-order valence-corrected chi connectivity index (χ2v) is 4.06. The van der Waals surface area contributed by atoms with Gasteiger partial charge in [-0.25, -0.2) is 4.98 Å². The lowest BCUT2D eigenvalue weighted by atomic mass is 10.0. The summed E-state index contributed by atoms with van der Waals surface area (Å²) >= 11 is 1.66. The fourth-order valence-corrected chi connectivity index (χ4v) is 2.29. The molecule has 1 heterocycles. The first-order valence-corrected chi connectivity index (χ1v) is 5.44. The van der Waals surface area contributed by atoms with Crippen molar-refractivity contribution in [1.82, 2.24) is 4.98 Å². The number of nitrogens with zero attached hydrogens (tertiary/aromatic N) is 1. The molecule has 1 aromatic rings. The highest BCUT2D eigenvalue weighted by molar-refractivity contribution is 7.15. The number of rotatable bonds is 0. The Bertz CT molecular complexity index is 242. The van der Waals surface area contributed by atoms with Crippen molar-refractivity contribution in [2.45, 2.75) is 32.6 Å². The van der Waals surface area contributed by atoms with Crippen molar-refractivity contribution in [1.29, 1.82) is 0 Å². The molecule has 2 rings (SSSR count). The summed E-state index contributed by atoms with van der Waals surface area (Å²) in [5.74, 6) is 0. The number of nitrogens with two attached hydrogens (primary N) is 1. The minimum absolute atomic E-state index is 0. The lowest BCUT2D eigenvalue weighted by Crippen LogP contribution is -1.99. The Morgan fingerprint density at radius 2 is 2.15 bits per heavy atom. The van der Waals surface area contributed by atoms with Gasteiger partial charge in [0.15, 0.2) is 5.13 Å². The number of nitrogen functional groups attached to an aromatic ring is 1. The zero-order chi connectivity index (χ0) is 9.68. The first-order chi connectivity index (χ1) is 6.27. The number of fused-ring (bicyclic) bond motifs is 1. The first-order valence-electron chi connectivity index (χ1n) is 4.62. The van der Waals surface area contributed by atoms with E-state index in [1.807, 2.05) is 0 Å². The van der Waals surface area contributed by atoms with E-state index in [1.165, 1.54) is 29.8 Å². The molecule has 0 saturated carbocycles. The van der Waals surface area contributed by atoms with Gasteiger partial charge in [-0.3, -0.25) is 0 Å². The zero-order valence-electron chi connectivity index (χ0n) is 7.92. The standard InChI is InChI=1S/C7H10N2S.C2H6O.H2/c8-7-9-5-3-1-2-4-6(5)10-7;1-2-3;/h1-4H2,(H2,8,9);3H,2H2,1H3;1H. The van der Waals surface area contributed by atoms with Crippen LogP contribution in [0.25, 0.3) is 0 Å². The molecule has 0 amide bonds. The van der Waals surface area contributed by atoms with Crippen LogP contribution in [-0.4, -0.2) is 16.7 Å². The molecule has 3 N–H and O–H groups in total. The van der Waals surface area contributed by atoms with Gasteiger partial charge >= 0.3 is 0 Å². The number of thiazole rings is 1. The van der Waals surface area contributed by atoms with Crippen LogP contribution in [0.1, 0.15) is 31.8 Å². The molecule has 76 valence electrons. The van der Waals surface area contributed by atoms with E-state index >= 15 is 0 Å². The molecule has 0 atom stereocenters. The predicted octanol–water partition coefficient (Wildman–Crippen LogP) is 1.85. The van der Waals surface area contributed by atoms with E-state index in [1.54, 1.807) is 18.3 Å². The fourth-order valence-electron chi connectivity index (χ4n) is 1.37. The van der Waals surface area contributed by atoms with Crippen LogP contribution in [0, 0.1) is 0 Å². The molecule has 0 radical (unpaired) electrons. The number of aliphatic hydroxyl groups excluding tert-OH is 1. The first kappa shape index (κ1) is 10.5. The minimum atomic E-state index is 0. The van der Waals surface area contributed by atoms with Gasteiger partial charge in [-0.2, -0.15) is 0 Å². The lowest BCUT2D eigenvalue weighted by molar-refractivity contribution is 0.318. The van der Waals surface area contributed by atoms with Crippen LogP contribution in [-0.2, 0) is 12.8 Å². The number of anilines is 1. The quantitative estimate of drug-likeness (QED) is 0.675. The summed E-state index contributed by atoms with van der Waals surface area (Å²) in [6.07, 6.45) is 4.94. The summed E-state index contributed by atoms with van der Waals surface area (Å²) in [7, 11) is 0. The van der Waals surface area contributed by atoms with Crippen LogP contribution in [0.5, 0.6) is 0 Å². The van der Waals surface area contributed by atoms with Crippen LogP contribution in [0.2, 0.25) is 0 Å². The third-order valence-electron chi connectivity index (χ3n) is 1.86. The Morgan fingerprint density at radius 1 is 1.54 bits per heavy atom. The summed E-state index contributed by atoms with van der Waals surface area (Å²) in [6.45, 7) is 1.93. The third-order valence-corrected chi connectivity index (χ3v) is 2.85. The molecule has 0 fully saturated rings. The molecule has 4 heteroatoms. The third kappa shape index (κ3) is 2.97. The Hall–Kier alpha value is -0.610. The van der Waals surface area contributed by atoms with Gasteiger partial charge in [-0.1, -0.05) is 0 Å². The van der Waals surface area contributed by atoms with E-state index < -0.39 is 0 Å². The van der Waals surface area contributed by atoms with Gasteiger partial charge in [0.2, 0.25) is 0 Å². The second-order valence-electron chi connectivity index (χ2n) is 2.95. The van der Waals surface area contributed by atoms with Gasteiger partial charge in [0.25, 0.3) is 0 Å². The molecule has 0 bridgehead atoms. The molecule has 3 nitrogen and oxygen atoms in total. The molecule has 0 saturated heterocycles. The van der Waals surface area contributed by atoms with E-state index in [0.717, 1.165) is 11.6 Å². The van der Waals surface area contributed by atoms with Gasteiger partial charge in [-0.15, -0.1) is 11.3 Å². The van der Waals surface area contributed by atoms with E-state index in [9.17, 15) is 0 Å². The zero-order valence-corrected chi connectivity index (χ0v) is 8.73. The van der Waals surface area contributed by atoms with Crippen LogP contribution in [0.15, 0.2) is 0 Å². The van der Waals surface area contributed by atoms with Crippen LogP contribution in [0.4, 0.5) is 5.13 Å². The summed E-state index contributed by atoms with van der Waals surface area (Å²) in [5.41, 5.74) is 6.82. The Morgan fingerprint density at radius 3 is 2.77 bits per heavy atom. The average molecular weight is 202 g/mol. The van der Waals surface area contributed by atoms with Gasteiger partial charge < -0.3 is 10.8 Å². The maximum absolute atomic E-state index is 7.57. The van der Waals surface area contributed by atoms with E-state index in [2.05, 4.69) is 4.98 Å². The van der Waals surface area contributed by atoms with Crippen molar-refractivity contribution in [2.75, 3.05) is 12.3 Å².